The highest BCUT2D eigenvalue weighted by atomic mass is 32.1. The van der Waals surface area contributed by atoms with E-state index in [1.807, 2.05) is 30.7 Å². The average Bonchev–Trinajstić information content (AvgIpc) is 3.17. The van der Waals surface area contributed by atoms with E-state index in [2.05, 4.69) is 15.3 Å². The van der Waals surface area contributed by atoms with Gasteiger partial charge in [-0.25, -0.2) is 9.97 Å². The summed E-state index contributed by atoms with van der Waals surface area (Å²) in [6, 6.07) is 4.09. The van der Waals surface area contributed by atoms with E-state index in [9.17, 15) is 4.79 Å². The Bertz CT molecular complexity index is 971. The van der Waals surface area contributed by atoms with E-state index in [1.165, 1.54) is 11.3 Å². The van der Waals surface area contributed by atoms with Crippen LogP contribution in [0.2, 0.25) is 0 Å². The minimum atomic E-state index is 0.0435. The molecule has 3 aromatic rings. The van der Waals surface area contributed by atoms with Crippen molar-refractivity contribution in [3.8, 4) is 0 Å². The van der Waals surface area contributed by atoms with Crippen LogP contribution in [0.15, 0.2) is 17.5 Å². The van der Waals surface area contributed by atoms with Crippen molar-refractivity contribution >= 4 is 33.3 Å². The van der Waals surface area contributed by atoms with Gasteiger partial charge in [0, 0.05) is 33.4 Å². The third kappa shape index (κ3) is 2.59. The van der Waals surface area contributed by atoms with Gasteiger partial charge in [-0.15, -0.1) is 11.3 Å². The second-order valence-electron chi connectivity index (χ2n) is 6.66. The molecule has 0 N–H and O–H groups in total. The molecule has 0 saturated carbocycles. The topological polar surface area (TPSA) is 54.3 Å². The molecule has 1 aliphatic heterocycles. The molecule has 6 nitrogen and oxygen atoms in total. The molecular weight excluding hydrogens is 334 g/mol. The van der Waals surface area contributed by atoms with Crippen LogP contribution < -0.4 is 4.90 Å². The van der Waals surface area contributed by atoms with E-state index in [-0.39, 0.29) is 5.91 Å². The highest BCUT2D eigenvalue weighted by Crippen LogP contribution is 2.32. The van der Waals surface area contributed by atoms with Crippen LogP contribution >= 0.6 is 11.3 Å². The quantitative estimate of drug-likeness (QED) is 0.709. The largest absolute Gasteiger partial charge is 0.349 e. The van der Waals surface area contributed by atoms with Crippen LogP contribution in [0, 0.1) is 6.92 Å². The molecule has 0 radical (unpaired) electrons. The van der Waals surface area contributed by atoms with Gasteiger partial charge >= 0.3 is 0 Å². The fraction of sp³-hybridized carbons (Fsp3) is 0.389. The monoisotopic (exact) mass is 355 g/mol. The van der Waals surface area contributed by atoms with Gasteiger partial charge in [0.05, 0.1) is 16.8 Å². The summed E-state index contributed by atoms with van der Waals surface area (Å²) in [5, 5.41) is 2.06. The highest BCUT2D eigenvalue weighted by Gasteiger charge is 2.26. The lowest BCUT2D eigenvalue weighted by Crippen LogP contribution is -2.32. The molecule has 0 spiro atoms. The summed E-state index contributed by atoms with van der Waals surface area (Å²) in [5.74, 6) is 1.84. The van der Waals surface area contributed by atoms with E-state index < -0.39 is 0 Å². The lowest BCUT2D eigenvalue weighted by Gasteiger charge is -2.29. The van der Waals surface area contributed by atoms with Crippen molar-refractivity contribution in [3.05, 3.63) is 40.3 Å². The van der Waals surface area contributed by atoms with Gasteiger partial charge in [-0.1, -0.05) is 0 Å². The number of fused-ring (bicyclic) bond motifs is 2. The Labute approximate surface area is 150 Å². The molecule has 0 aliphatic carbocycles. The van der Waals surface area contributed by atoms with E-state index in [4.69, 9.17) is 4.98 Å². The molecule has 25 heavy (non-hydrogen) atoms. The zero-order chi connectivity index (χ0) is 17.7. The van der Waals surface area contributed by atoms with Gasteiger partial charge in [0.25, 0.3) is 5.91 Å². The first kappa shape index (κ1) is 16.1. The average molecular weight is 355 g/mol. The third-order valence-electron chi connectivity index (χ3n) is 4.76. The maximum absolute atomic E-state index is 12.4. The predicted octanol–water partition coefficient (Wildman–Crippen LogP) is 2.60. The number of hydrogen-bond donors (Lipinski definition) is 0. The Balaban J connectivity index is 1.73. The standard InChI is InChI=1S/C18H21N5OS/c1-11-19-13-6-8-25-16(13)17(20-11)23-7-5-12-9-14(18(24)21(2)3)22(4)15(12)10-23/h6,8-9H,5,7,10H2,1-4H3. The number of aromatic nitrogens is 3. The lowest BCUT2D eigenvalue weighted by molar-refractivity contribution is 0.0818. The molecule has 0 fully saturated rings. The van der Waals surface area contributed by atoms with E-state index in [0.717, 1.165) is 47.1 Å². The molecule has 0 bridgehead atoms. The summed E-state index contributed by atoms with van der Waals surface area (Å²) >= 11 is 1.68. The number of carbonyl (C=O) groups excluding carboxylic acids is 1. The minimum Gasteiger partial charge on any atom is -0.349 e. The van der Waals surface area contributed by atoms with Crippen molar-refractivity contribution in [2.24, 2.45) is 7.05 Å². The van der Waals surface area contributed by atoms with Crippen LogP contribution in [0.3, 0.4) is 0 Å². The summed E-state index contributed by atoms with van der Waals surface area (Å²) in [4.78, 5) is 25.6. The van der Waals surface area contributed by atoms with Crippen LogP contribution in [-0.4, -0.2) is 46.0 Å². The summed E-state index contributed by atoms with van der Waals surface area (Å²) in [6.07, 6.45) is 0.916. The Kier molecular flexibility index (Phi) is 3.76. The van der Waals surface area contributed by atoms with Crippen LogP contribution in [0.4, 0.5) is 5.82 Å². The molecule has 0 atom stereocenters. The van der Waals surface area contributed by atoms with E-state index >= 15 is 0 Å². The number of hydrogen-bond acceptors (Lipinski definition) is 5. The first-order chi connectivity index (χ1) is 12.0. The Morgan fingerprint density at radius 3 is 2.88 bits per heavy atom. The van der Waals surface area contributed by atoms with Gasteiger partial charge in [0.1, 0.15) is 11.5 Å². The van der Waals surface area contributed by atoms with Crippen molar-refractivity contribution in [2.75, 3.05) is 25.5 Å². The summed E-state index contributed by atoms with van der Waals surface area (Å²) in [7, 11) is 5.56. The van der Waals surface area contributed by atoms with Gasteiger partial charge in [0.15, 0.2) is 5.82 Å². The fourth-order valence-electron chi connectivity index (χ4n) is 3.44. The highest BCUT2D eigenvalue weighted by molar-refractivity contribution is 7.17. The molecule has 0 saturated heterocycles. The van der Waals surface area contributed by atoms with Gasteiger partial charge in [-0.2, -0.15) is 0 Å². The Morgan fingerprint density at radius 1 is 1.32 bits per heavy atom. The molecule has 3 aromatic heterocycles. The Hall–Kier alpha value is -2.41. The lowest BCUT2D eigenvalue weighted by atomic mass is 10.1. The van der Waals surface area contributed by atoms with Gasteiger partial charge in [-0.3, -0.25) is 4.79 Å². The summed E-state index contributed by atoms with van der Waals surface area (Å²) in [6.45, 7) is 3.60. The third-order valence-corrected chi connectivity index (χ3v) is 5.66. The van der Waals surface area contributed by atoms with Gasteiger partial charge in [0.2, 0.25) is 0 Å². The number of aryl methyl sites for hydroxylation is 1. The molecule has 7 heteroatoms. The summed E-state index contributed by atoms with van der Waals surface area (Å²) < 4.78 is 3.16. The first-order valence-electron chi connectivity index (χ1n) is 8.31. The zero-order valence-corrected chi connectivity index (χ0v) is 15.7. The molecule has 1 amide bonds. The second-order valence-corrected chi connectivity index (χ2v) is 7.58. The van der Waals surface area contributed by atoms with Crippen molar-refractivity contribution in [2.45, 2.75) is 19.9 Å². The molecular formula is C18H21N5OS. The molecule has 4 rings (SSSR count). The normalized spacial score (nSPS) is 14.0. The number of anilines is 1. The first-order valence-corrected chi connectivity index (χ1v) is 9.19. The maximum atomic E-state index is 12.4. The molecule has 1 aliphatic rings. The van der Waals surface area contributed by atoms with Crippen LogP contribution in [0.25, 0.3) is 10.2 Å². The number of carbonyl (C=O) groups is 1. The fourth-order valence-corrected chi connectivity index (χ4v) is 4.28. The molecule has 130 valence electrons. The van der Waals surface area contributed by atoms with E-state index in [0.29, 0.717) is 0 Å². The SMILES string of the molecule is Cc1nc(N2CCc3cc(C(=O)N(C)C)n(C)c3C2)c2sccc2n1. The molecule has 0 unspecified atom stereocenters. The Morgan fingerprint density at radius 2 is 2.12 bits per heavy atom. The van der Waals surface area contributed by atoms with Crippen molar-refractivity contribution in [3.63, 3.8) is 0 Å². The van der Waals surface area contributed by atoms with E-state index in [1.54, 1.807) is 30.3 Å². The number of amides is 1. The van der Waals surface area contributed by atoms with Gasteiger partial charge < -0.3 is 14.4 Å². The number of nitrogens with zero attached hydrogens (tertiary/aromatic N) is 5. The van der Waals surface area contributed by atoms with Crippen LogP contribution in [-0.2, 0) is 20.0 Å². The smallest absolute Gasteiger partial charge is 0.269 e. The maximum Gasteiger partial charge on any atom is 0.269 e. The zero-order valence-electron chi connectivity index (χ0n) is 14.9. The number of thiophene rings is 1. The summed E-state index contributed by atoms with van der Waals surface area (Å²) in [5.41, 5.74) is 4.21. The predicted molar refractivity (Wildman–Crippen MR) is 100 cm³/mol. The van der Waals surface area contributed by atoms with Crippen molar-refractivity contribution in [1.82, 2.24) is 19.4 Å². The van der Waals surface area contributed by atoms with Gasteiger partial charge in [-0.05, 0) is 36.4 Å². The number of rotatable bonds is 2. The van der Waals surface area contributed by atoms with Crippen LogP contribution in [0.1, 0.15) is 27.6 Å². The minimum absolute atomic E-state index is 0.0435. The second kappa shape index (κ2) is 5.84. The molecule has 0 aromatic carbocycles. The molecule has 4 heterocycles. The van der Waals surface area contributed by atoms with Crippen molar-refractivity contribution in [1.29, 1.82) is 0 Å². The van der Waals surface area contributed by atoms with Crippen molar-refractivity contribution < 1.29 is 4.79 Å². The van der Waals surface area contributed by atoms with Crippen LogP contribution in [0.5, 0.6) is 0 Å².